The fraction of sp³-hybridized carbons (Fsp3) is 0.160. The third-order valence-electron chi connectivity index (χ3n) is 5.47. The van der Waals surface area contributed by atoms with Crippen LogP contribution < -0.4 is 10.9 Å². The molecule has 1 heterocycles. The van der Waals surface area contributed by atoms with Crippen LogP contribution in [-0.2, 0) is 4.79 Å². The molecule has 0 bridgehead atoms. The number of nitrogens with one attached hydrogen (secondary N) is 1. The van der Waals surface area contributed by atoms with Crippen LogP contribution in [0.1, 0.15) is 19.3 Å². The third-order valence-corrected chi connectivity index (χ3v) is 5.72. The monoisotopic (exact) mass is 429 g/mol. The Hall–Kier alpha value is -3.44. The number of amides is 1. The van der Waals surface area contributed by atoms with Gasteiger partial charge in [0.1, 0.15) is 0 Å². The summed E-state index contributed by atoms with van der Waals surface area (Å²) < 4.78 is 1.40. The fourth-order valence-corrected chi connectivity index (χ4v) is 3.83. The minimum absolute atomic E-state index is 0.0311. The minimum atomic E-state index is -0.199. The molecule has 1 fully saturated rings. The van der Waals surface area contributed by atoms with Crippen molar-refractivity contribution < 1.29 is 4.79 Å². The SMILES string of the molecule is O=C(CC1CC1)Nc1cccc(-c2nn(-c3ccc(Cl)cc3)c(=O)c3ccccc23)c1. The summed E-state index contributed by atoms with van der Waals surface area (Å²) in [5.41, 5.74) is 2.65. The van der Waals surface area contributed by atoms with Gasteiger partial charge in [-0.2, -0.15) is 9.78 Å². The highest BCUT2D eigenvalue weighted by atomic mass is 35.5. The van der Waals surface area contributed by atoms with Crippen LogP contribution in [0.5, 0.6) is 0 Å². The Labute approximate surface area is 184 Å². The molecular weight excluding hydrogens is 410 g/mol. The molecule has 154 valence electrons. The van der Waals surface area contributed by atoms with E-state index >= 15 is 0 Å². The van der Waals surface area contributed by atoms with Gasteiger partial charge >= 0.3 is 0 Å². The first-order chi connectivity index (χ1) is 15.1. The number of benzene rings is 3. The Bertz CT molecular complexity index is 1340. The zero-order valence-corrected chi connectivity index (χ0v) is 17.5. The Morgan fingerprint density at radius 2 is 1.74 bits per heavy atom. The van der Waals surface area contributed by atoms with E-state index in [9.17, 15) is 9.59 Å². The molecular formula is C25H20ClN3O2. The molecule has 1 N–H and O–H groups in total. The number of aromatic nitrogens is 2. The molecule has 4 aromatic rings. The molecule has 0 saturated heterocycles. The van der Waals surface area contributed by atoms with Crippen molar-refractivity contribution in [2.45, 2.75) is 19.3 Å². The van der Waals surface area contributed by atoms with E-state index in [1.807, 2.05) is 42.5 Å². The number of carbonyl (C=O) groups is 1. The summed E-state index contributed by atoms with van der Waals surface area (Å²) in [6.07, 6.45) is 2.83. The van der Waals surface area contributed by atoms with Gasteiger partial charge in [-0.1, -0.05) is 41.9 Å². The maximum Gasteiger partial charge on any atom is 0.279 e. The van der Waals surface area contributed by atoms with Crippen LogP contribution in [0.15, 0.2) is 77.6 Å². The van der Waals surface area contributed by atoms with E-state index in [2.05, 4.69) is 5.32 Å². The summed E-state index contributed by atoms with van der Waals surface area (Å²) in [6.45, 7) is 0. The second-order valence-electron chi connectivity index (χ2n) is 7.86. The molecule has 6 heteroatoms. The summed E-state index contributed by atoms with van der Waals surface area (Å²) in [4.78, 5) is 25.4. The molecule has 0 unspecified atom stereocenters. The number of halogens is 1. The Kier molecular flexibility index (Phi) is 5.04. The smallest absolute Gasteiger partial charge is 0.279 e. The molecule has 5 rings (SSSR count). The second-order valence-corrected chi connectivity index (χ2v) is 8.30. The van der Waals surface area contributed by atoms with E-state index in [0.717, 1.165) is 29.5 Å². The maximum absolute atomic E-state index is 13.1. The van der Waals surface area contributed by atoms with Gasteiger partial charge in [-0.25, -0.2) is 0 Å². The van der Waals surface area contributed by atoms with E-state index in [1.54, 1.807) is 30.3 Å². The molecule has 31 heavy (non-hydrogen) atoms. The van der Waals surface area contributed by atoms with Crippen LogP contribution >= 0.6 is 11.6 Å². The standard InChI is InChI=1S/C25H20ClN3O2/c26-18-10-12-20(13-11-18)29-25(31)22-7-2-1-6-21(22)24(28-29)17-4-3-5-19(15-17)27-23(30)14-16-8-9-16/h1-7,10-13,15-16H,8-9,14H2,(H,27,30). The Morgan fingerprint density at radius 3 is 2.48 bits per heavy atom. The molecule has 3 aromatic carbocycles. The maximum atomic E-state index is 13.1. The predicted octanol–water partition coefficient (Wildman–Crippen LogP) is 5.44. The number of nitrogens with zero attached hydrogens (tertiary/aromatic N) is 2. The zero-order valence-electron chi connectivity index (χ0n) is 16.7. The number of carbonyl (C=O) groups excluding carboxylic acids is 1. The van der Waals surface area contributed by atoms with E-state index in [1.165, 1.54) is 4.68 Å². The van der Waals surface area contributed by atoms with Gasteiger partial charge in [-0.05, 0) is 61.2 Å². The minimum Gasteiger partial charge on any atom is -0.326 e. The van der Waals surface area contributed by atoms with Crippen molar-refractivity contribution in [3.63, 3.8) is 0 Å². The van der Waals surface area contributed by atoms with Crippen LogP contribution in [0.25, 0.3) is 27.7 Å². The van der Waals surface area contributed by atoms with Gasteiger partial charge in [-0.15, -0.1) is 0 Å². The molecule has 0 spiro atoms. The van der Waals surface area contributed by atoms with Crippen molar-refractivity contribution in [3.8, 4) is 16.9 Å². The summed E-state index contributed by atoms with van der Waals surface area (Å²) >= 11 is 6.01. The lowest BCUT2D eigenvalue weighted by molar-refractivity contribution is -0.116. The van der Waals surface area contributed by atoms with Crippen LogP contribution in [0.4, 0.5) is 5.69 Å². The summed E-state index contributed by atoms with van der Waals surface area (Å²) in [5, 5.41) is 9.61. The highest BCUT2D eigenvalue weighted by Gasteiger charge is 2.24. The molecule has 1 amide bonds. The number of fused-ring (bicyclic) bond motifs is 1. The highest BCUT2D eigenvalue weighted by molar-refractivity contribution is 6.30. The van der Waals surface area contributed by atoms with Crippen molar-refractivity contribution >= 4 is 34.0 Å². The molecule has 1 saturated carbocycles. The number of hydrogen-bond donors (Lipinski definition) is 1. The normalized spacial score (nSPS) is 13.3. The van der Waals surface area contributed by atoms with Gasteiger partial charge in [0, 0.05) is 28.1 Å². The first-order valence-electron chi connectivity index (χ1n) is 10.3. The van der Waals surface area contributed by atoms with Crippen LogP contribution in [0, 0.1) is 5.92 Å². The predicted molar refractivity (Wildman–Crippen MR) is 124 cm³/mol. The fourth-order valence-electron chi connectivity index (χ4n) is 3.70. The molecule has 0 atom stereocenters. The molecule has 1 aliphatic carbocycles. The van der Waals surface area contributed by atoms with Gasteiger partial charge < -0.3 is 5.32 Å². The van der Waals surface area contributed by atoms with E-state index in [-0.39, 0.29) is 11.5 Å². The van der Waals surface area contributed by atoms with E-state index in [4.69, 9.17) is 16.7 Å². The van der Waals surface area contributed by atoms with Crippen molar-refractivity contribution in [2.75, 3.05) is 5.32 Å². The molecule has 5 nitrogen and oxygen atoms in total. The third kappa shape index (κ3) is 4.09. The first-order valence-corrected chi connectivity index (χ1v) is 10.6. The molecule has 1 aliphatic rings. The summed E-state index contributed by atoms with van der Waals surface area (Å²) in [7, 11) is 0. The van der Waals surface area contributed by atoms with Crippen LogP contribution in [0.3, 0.4) is 0 Å². The topological polar surface area (TPSA) is 64.0 Å². The quantitative estimate of drug-likeness (QED) is 0.459. The number of hydrogen-bond acceptors (Lipinski definition) is 3. The summed E-state index contributed by atoms with van der Waals surface area (Å²) in [5.74, 6) is 0.556. The van der Waals surface area contributed by atoms with E-state index < -0.39 is 0 Å². The lowest BCUT2D eigenvalue weighted by Crippen LogP contribution is -2.22. The zero-order chi connectivity index (χ0) is 21.4. The average Bonchev–Trinajstić information content (AvgIpc) is 3.59. The lowest BCUT2D eigenvalue weighted by Gasteiger charge is -2.12. The van der Waals surface area contributed by atoms with Gasteiger partial charge in [0.15, 0.2) is 0 Å². The van der Waals surface area contributed by atoms with Gasteiger partial charge in [0.05, 0.1) is 16.8 Å². The van der Waals surface area contributed by atoms with Crippen molar-refractivity contribution in [3.05, 3.63) is 88.2 Å². The van der Waals surface area contributed by atoms with Crippen molar-refractivity contribution in [2.24, 2.45) is 5.92 Å². The molecule has 1 aromatic heterocycles. The summed E-state index contributed by atoms with van der Waals surface area (Å²) in [6, 6.07) is 22.0. The highest BCUT2D eigenvalue weighted by Crippen LogP contribution is 2.33. The molecule has 0 aliphatic heterocycles. The first kappa shape index (κ1) is 19.5. The second kappa shape index (κ2) is 8.00. The largest absolute Gasteiger partial charge is 0.326 e. The van der Waals surface area contributed by atoms with Gasteiger partial charge in [-0.3, -0.25) is 9.59 Å². The number of rotatable bonds is 5. The van der Waals surface area contributed by atoms with E-state index in [0.29, 0.717) is 34.1 Å². The average molecular weight is 430 g/mol. The van der Waals surface area contributed by atoms with Gasteiger partial charge in [0.2, 0.25) is 5.91 Å². The number of anilines is 1. The van der Waals surface area contributed by atoms with Crippen LogP contribution in [-0.4, -0.2) is 15.7 Å². The van der Waals surface area contributed by atoms with Crippen molar-refractivity contribution in [1.82, 2.24) is 9.78 Å². The van der Waals surface area contributed by atoms with Gasteiger partial charge in [0.25, 0.3) is 5.56 Å². The molecule has 0 radical (unpaired) electrons. The lowest BCUT2D eigenvalue weighted by atomic mass is 10.0. The Balaban J connectivity index is 1.61. The van der Waals surface area contributed by atoms with Crippen molar-refractivity contribution in [1.29, 1.82) is 0 Å². The Morgan fingerprint density at radius 1 is 1.00 bits per heavy atom. The van der Waals surface area contributed by atoms with Crippen LogP contribution in [0.2, 0.25) is 5.02 Å².